The molecular weight excluding hydrogens is 294 g/mol. The number of hydrogen-bond acceptors (Lipinski definition) is 2. The predicted molar refractivity (Wildman–Crippen MR) is 96.5 cm³/mol. The van der Waals surface area contributed by atoms with Gasteiger partial charge in [-0.1, -0.05) is 12.1 Å². The van der Waals surface area contributed by atoms with E-state index < -0.39 is 0 Å². The molecule has 0 amide bonds. The van der Waals surface area contributed by atoms with Crippen molar-refractivity contribution in [1.82, 2.24) is 10.6 Å². The number of hydrogen-bond donors (Lipinski definition) is 3. The summed E-state index contributed by atoms with van der Waals surface area (Å²) in [6, 6.07) is 9.25. The molecule has 22 heavy (non-hydrogen) atoms. The number of thiocarbonyl (C=S) groups is 1. The highest BCUT2D eigenvalue weighted by atomic mass is 32.1. The lowest BCUT2D eigenvalue weighted by atomic mass is 10.2. The minimum absolute atomic E-state index is 0.627. The minimum atomic E-state index is 0.627. The van der Waals surface area contributed by atoms with Gasteiger partial charge in [0.05, 0.1) is 32.3 Å². The average Bonchev–Trinajstić information content (AvgIpc) is 2.49. The summed E-state index contributed by atoms with van der Waals surface area (Å²) in [6.45, 7) is 11.7. The third kappa shape index (κ3) is 6.62. The number of nitrogens with one attached hydrogen (secondary N) is 3. The molecule has 0 aliphatic carbocycles. The molecule has 1 aromatic rings. The van der Waals surface area contributed by atoms with Crippen LogP contribution in [0.2, 0.25) is 0 Å². The number of quaternary nitrogens is 1. The van der Waals surface area contributed by atoms with Gasteiger partial charge in [0, 0.05) is 6.54 Å². The van der Waals surface area contributed by atoms with Crippen molar-refractivity contribution < 1.29 is 9.64 Å². The quantitative estimate of drug-likeness (QED) is 0.631. The van der Waals surface area contributed by atoms with Crippen molar-refractivity contribution in [3.63, 3.8) is 0 Å². The van der Waals surface area contributed by atoms with E-state index in [1.54, 1.807) is 12.0 Å². The maximum absolute atomic E-state index is 5.33. The SMILES string of the molecule is COc1ccc(CNC(=S)NCC[NH+](C(C)C)C(C)C)cc1. The normalized spacial score (nSPS) is 11.1. The van der Waals surface area contributed by atoms with Gasteiger partial charge in [-0.3, -0.25) is 0 Å². The van der Waals surface area contributed by atoms with Crippen LogP contribution in [0, 0.1) is 0 Å². The molecule has 0 aliphatic rings. The molecule has 0 aliphatic heterocycles. The molecule has 124 valence electrons. The molecule has 3 N–H and O–H groups in total. The molecule has 0 bridgehead atoms. The van der Waals surface area contributed by atoms with Crippen LogP contribution in [0.25, 0.3) is 0 Å². The lowest BCUT2D eigenvalue weighted by Crippen LogP contribution is -3.18. The molecule has 1 rings (SSSR count). The van der Waals surface area contributed by atoms with E-state index in [0.29, 0.717) is 17.2 Å². The van der Waals surface area contributed by atoms with Gasteiger partial charge < -0.3 is 20.3 Å². The Morgan fingerprint density at radius 1 is 1.09 bits per heavy atom. The Bertz CT molecular complexity index is 438. The van der Waals surface area contributed by atoms with Crippen molar-refractivity contribution in [3.05, 3.63) is 29.8 Å². The van der Waals surface area contributed by atoms with Gasteiger partial charge in [-0.15, -0.1) is 0 Å². The molecule has 0 unspecified atom stereocenters. The number of benzene rings is 1. The Morgan fingerprint density at radius 3 is 2.18 bits per heavy atom. The van der Waals surface area contributed by atoms with Gasteiger partial charge in [-0.05, 0) is 57.6 Å². The van der Waals surface area contributed by atoms with E-state index in [0.717, 1.165) is 25.4 Å². The van der Waals surface area contributed by atoms with Crippen LogP contribution in [-0.2, 0) is 6.54 Å². The fourth-order valence-corrected chi connectivity index (χ4v) is 2.73. The van der Waals surface area contributed by atoms with Crippen LogP contribution in [0.5, 0.6) is 5.75 Å². The molecule has 0 saturated carbocycles. The number of ether oxygens (including phenoxy) is 1. The van der Waals surface area contributed by atoms with E-state index in [-0.39, 0.29) is 0 Å². The summed E-state index contributed by atoms with van der Waals surface area (Å²) in [7, 11) is 1.67. The van der Waals surface area contributed by atoms with Crippen LogP contribution in [0.4, 0.5) is 0 Å². The molecule has 0 heterocycles. The van der Waals surface area contributed by atoms with E-state index in [2.05, 4.69) is 38.3 Å². The average molecular weight is 325 g/mol. The highest BCUT2D eigenvalue weighted by Gasteiger charge is 2.16. The van der Waals surface area contributed by atoms with Crippen molar-refractivity contribution in [2.75, 3.05) is 20.2 Å². The third-order valence-corrected chi connectivity index (χ3v) is 4.08. The molecule has 5 heteroatoms. The second kappa shape index (κ2) is 9.64. The summed E-state index contributed by atoms with van der Waals surface area (Å²) in [5.74, 6) is 0.870. The standard InChI is InChI=1S/C17H29N3OS/c1-13(2)20(14(3)4)11-10-18-17(22)19-12-15-6-8-16(21-5)9-7-15/h6-9,13-14H,10-12H2,1-5H3,(H2,18,19,22)/p+1. The molecule has 0 fully saturated rings. The molecule has 0 aromatic heterocycles. The maximum atomic E-state index is 5.33. The second-order valence-corrected chi connectivity index (χ2v) is 6.50. The van der Waals surface area contributed by atoms with E-state index >= 15 is 0 Å². The zero-order valence-corrected chi connectivity index (χ0v) is 15.2. The summed E-state index contributed by atoms with van der Waals surface area (Å²) in [6.07, 6.45) is 0. The van der Waals surface area contributed by atoms with Crippen LogP contribution < -0.4 is 20.3 Å². The minimum Gasteiger partial charge on any atom is -0.497 e. The zero-order chi connectivity index (χ0) is 16.5. The molecule has 1 aromatic carbocycles. The molecule has 0 radical (unpaired) electrons. The Kier molecular flexibility index (Phi) is 8.20. The van der Waals surface area contributed by atoms with E-state index in [1.807, 2.05) is 24.3 Å². The zero-order valence-electron chi connectivity index (χ0n) is 14.4. The Labute approximate surface area is 140 Å². The summed E-state index contributed by atoms with van der Waals surface area (Å²) in [4.78, 5) is 1.59. The van der Waals surface area contributed by atoms with E-state index in [4.69, 9.17) is 17.0 Å². The van der Waals surface area contributed by atoms with Crippen LogP contribution in [-0.4, -0.2) is 37.4 Å². The first-order valence-electron chi connectivity index (χ1n) is 7.94. The lowest BCUT2D eigenvalue weighted by molar-refractivity contribution is -0.941. The number of rotatable bonds is 8. The largest absolute Gasteiger partial charge is 0.497 e. The highest BCUT2D eigenvalue weighted by Crippen LogP contribution is 2.10. The molecule has 0 saturated heterocycles. The summed E-state index contributed by atoms with van der Waals surface area (Å²) < 4.78 is 5.15. The van der Waals surface area contributed by atoms with Crippen LogP contribution in [0.15, 0.2) is 24.3 Å². The van der Waals surface area contributed by atoms with Crippen molar-refractivity contribution in [3.8, 4) is 5.75 Å². The van der Waals surface area contributed by atoms with Crippen LogP contribution in [0.1, 0.15) is 33.3 Å². The molecule has 4 nitrogen and oxygen atoms in total. The molecule has 0 atom stereocenters. The Hall–Kier alpha value is -1.33. The van der Waals surface area contributed by atoms with Crippen molar-refractivity contribution >= 4 is 17.3 Å². The first-order valence-corrected chi connectivity index (χ1v) is 8.35. The predicted octanol–water partition coefficient (Wildman–Crippen LogP) is 1.36. The van der Waals surface area contributed by atoms with Crippen molar-refractivity contribution in [2.45, 2.75) is 46.3 Å². The molecular formula is C17H30N3OS+. The van der Waals surface area contributed by atoms with Gasteiger partial charge in [0.25, 0.3) is 0 Å². The Morgan fingerprint density at radius 2 is 1.68 bits per heavy atom. The maximum Gasteiger partial charge on any atom is 0.166 e. The van der Waals surface area contributed by atoms with Gasteiger partial charge in [0.1, 0.15) is 5.75 Å². The Balaban J connectivity index is 2.28. The highest BCUT2D eigenvalue weighted by molar-refractivity contribution is 7.80. The summed E-state index contributed by atoms with van der Waals surface area (Å²) >= 11 is 5.33. The van der Waals surface area contributed by atoms with Gasteiger partial charge in [0.15, 0.2) is 5.11 Å². The summed E-state index contributed by atoms with van der Waals surface area (Å²) in [5.41, 5.74) is 1.18. The fourth-order valence-electron chi connectivity index (χ4n) is 2.55. The number of methoxy groups -OCH3 is 1. The first kappa shape index (κ1) is 18.7. The second-order valence-electron chi connectivity index (χ2n) is 6.09. The molecule has 0 spiro atoms. The summed E-state index contributed by atoms with van der Waals surface area (Å²) in [5, 5.41) is 7.24. The van der Waals surface area contributed by atoms with Gasteiger partial charge in [-0.25, -0.2) is 0 Å². The fraction of sp³-hybridized carbons (Fsp3) is 0.588. The lowest BCUT2D eigenvalue weighted by Gasteiger charge is -2.27. The third-order valence-electron chi connectivity index (χ3n) is 3.79. The van der Waals surface area contributed by atoms with Gasteiger partial charge in [0.2, 0.25) is 0 Å². The van der Waals surface area contributed by atoms with E-state index in [9.17, 15) is 0 Å². The van der Waals surface area contributed by atoms with Gasteiger partial charge >= 0.3 is 0 Å². The topological polar surface area (TPSA) is 37.7 Å². The monoisotopic (exact) mass is 324 g/mol. The van der Waals surface area contributed by atoms with E-state index in [1.165, 1.54) is 5.56 Å². The van der Waals surface area contributed by atoms with Crippen molar-refractivity contribution in [1.29, 1.82) is 0 Å². The van der Waals surface area contributed by atoms with Crippen LogP contribution in [0.3, 0.4) is 0 Å². The van der Waals surface area contributed by atoms with Gasteiger partial charge in [-0.2, -0.15) is 0 Å². The smallest absolute Gasteiger partial charge is 0.166 e. The van der Waals surface area contributed by atoms with Crippen molar-refractivity contribution in [2.24, 2.45) is 0 Å². The van der Waals surface area contributed by atoms with Crippen LogP contribution >= 0.6 is 12.2 Å². The first-order chi connectivity index (χ1) is 10.4.